The fraction of sp³-hybridized carbons (Fsp3) is 0.606. The molecule has 246 valence electrons. The molecule has 0 spiro atoms. The van der Waals surface area contributed by atoms with E-state index in [1.165, 1.54) is 0 Å². The summed E-state index contributed by atoms with van der Waals surface area (Å²) in [4.78, 5) is 73.5. The highest BCUT2D eigenvalue weighted by Gasteiger charge is 2.40. The van der Waals surface area contributed by atoms with Gasteiger partial charge in [-0.2, -0.15) is 4.73 Å². The predicted molar refractivity (Wildman–Crippen MR) is 168 cm³/mol. The van der Waals surface area contributed by atoms with E-state index in [-0.39, 0.29) is 30.6 Å². The summed E-state index contributed by atoms with van der Waals surface area (Å²) in [5.41, 5.74) is 1.59. The Kier molecular flexibility index (Phi) is 11.8. The minimum Gasteiger partial charge on any atom is -0.481 e. The average molecular weight is 626 g/mol. The number of benzene rings is 1. The summed E-state index contributed by atoms with van der Waals surface area (Å²) < 4.78 is 1.61. The Morgan fingerprint density at radius 2 is 1.69 bits per heavy atom. The van der Waals surface area contributed by atoms with Gasteiger partial charge in [-0.15, -0.1) is 0 Å². The van der Waals surface area contributed by atoms with Gasteiger partial charge in [-0.25, -0.2) is 0 Å². The van der Waals surface area contributed by atoms with Crippen LogP contribution in [-0.4, -0.2) is 82.2 Å². The molecule has 0 unspecified atom stereocenters. The molecule has 2 aliphatic heterocycles. The molecule has 12 nitrogen and oxygen atoms in total. The molecule has 3 heterocycles. The van der Waals surface area contributed by atoms with Crippen molar-refractivity contribution < 1.29 is 33.9 Å². The molecule has 2 fully saturated rings. The lowest BCUT2D eigenvalue weighted by Gasteiger charge is -2.39. The van der Waals surface area contributed by atoms with Gasteiger partial charge in [0.15, 0.2) is 0 Å². The lowest BCUT2D eigenvalue weighted by Crippen LogP contribution is -2.64. The zero-order valence-electron chi connectivity index (χ0n) is 26.5. The van der Waals surface area contributed by atoms with Gasteiger partial charge in [-0.1, -0.05) is 57.7 Å². The van der Waals surface area contributed by atoms with E-state index in [2.05, 4.69) is 16.0 Å². The topological polar surface area (TPSA) is 159 Å². The number of carboxylic acid groups (broad SMARTS) is 1. The lowest BCUT2D eigenvalue weighted by molar-refractivity contribution is -0.147. The SMILES string of the molecule is CC[C@H](C)[C@@H]1NC(=O)[C@H](Cc2cn(OC)c3ccccc23)NC(=O)[C@H](CCCCCCC(=O)O)NC(=O)[C@H]2CCCCN2C1=O. The number of rotatable bonds is 12. The largest absolute Gasteiger partial charge is 0.481 e. The second-order valence-corrected chi connectivity index (χ2v) is 12.3. The van der Waals surface area contributed by atoms with Crippen LogP contribution in [0.5, 0.6) is 0 Å². The number of piperidine rings is 1. The maximum atomic E-state index is 14.0. The number of para-hydroxylation sites is 1. The summed E-state index contributed by atoms with van der Waals surface area (Å²) in [6.07, 6.45) is 7.46. The molecule has 4 N–H and O–H groups in total. The first-order valence-corrected chi connectivity index (χ1v) is 16.2. The molecule has 0 bridgehead atoms. The number of amides is 4. The summed E-state index contributed by atoms with van der Waals surface area (Å²) in [7, 11) is 1.55. The third kappa shape index (κ3) is 8.34. The maximum Gasteiger partial charge on any atom is 0.303 e. The number of nitrogens with zero attached hydrogens (tertiary/aromatic N) is 2. The highest BCUT2D eigenvalue weighted by atomic mass is 16.6. The zero-order chi connectivity index (χ0) is 32.5. The van der Waals surface area contributed by atoms with Crippen molar-refractivity contribution in [3.05, 3.63) is 36.0 Å². The predicted octanol–water partition coefficient (Wildman–Crippen LogP) is 2.56. The normalized spacial score (nSPS) is 23.7. The van der Waals surface area contributed by atoms with E-state index in [1.807, 2.05) is 38.1 Å². The fourth-order valence-corrected chi connectivity index (χ4v) is 6.33. The van der Waals surface area contributed by atoms with E-state index < -0.39 is 42.0 Å². The van der Waals surface area contributed by atoms with Crippen LogP contribution in [0.1, 0.15) is 83.6 Å². The van der Waals surface area contributed by atoms with Crippen molar-refractivity contribution in [3.63, 3.8) is 0 Å². The van der Waals surface area contributed by atoms with Gasteiger partial charge < -0.3 is 30.8 Å². The monoisotopic (exact) mass is 625 g/mol. The van der Waals surface area contributed by atoms with Crippen LogP contribution >= 0.6 is 0 Å². The average Bonchev–Trinajstić information content (AvgIpc) is 3.40. The number of carbonyl (C=O) groups excluding carboxylic acids is 4. The number of hydrogen-bond donors (Lipinski definition) is 4. The first kappa shape index (κ1) is 33.8. The molecule has 45 heavy (non-hydrogen) atoms. The minimum atomic E-state index is -1.03. The van der Waals surface area contributed by atoms with E-state index in [9.17, 15) is 24.0 Å². The number of carboxylic acids is 1. The van der Waals surface area contributed by atoms with Gasteiger partial charge in [0, 0.05) is 31.0 Å². The van der Waals surface area contributed by atoms with Crippen molar-refractivity contribution >= 4 is 40.5 Å². The third-order valence-electron chi connectivity index (χ3n) is 9.15. The van der Waals surface area contributed by atoms with E-state index in [1.54, 1.807) is 22.9 Å². The van der Waals surface area contributed by atoms with Crippen molar-refractivity contribution in [1.29, 1.82) is 0 Å². The van der Waals surface area contributed by atoms with Gasteiger partial charge in [0.05, 0.1) is 5.52 Å². The Morgan fingerprint density at radius 3 is 2.42 bits per heavy atom. The quantitative estimate of drug-likeness (QED) is 0.264. The number of carbonyl (C=O) groups is 5. The van der Waals surface area contributed by atoms with Gasteiger partial charge in [-0.3, -0.25) is 24.0 Å². The molecule has 4 amide bonds. The van der Waals surface area contributed by atoms with Gasteiger partial charge in [0.25, 0.3) is 0 Å². The number of aliphatic carboxylic acids is 1. The molecule has 2 aromatic rings. The van der Waals surface area contributed by atoms with Crippen LogP contribution in [0.25, 0.3) is 10.9 Å². The van der Waals surface area contributed by atoms with Crippen molar-refractivity contribution in [2.45, 2.75) is 109 Å². The summed E-state index contributed by atoms with van der Waals surface area (Å²) in [5, 5.41) is 18.6. The van der Waals surface area contributed by atoms with Crippen LogP contribution in [0.3, 0.4) is 0 Å². The van der Waals surface area contributed by atoms with E-state index in [0.29, 0.717) is 51.5 Å². The van der Waals surface area contributed by atoms with Gasteiger partial charge in [0.1, 0.15) is 31.3 Å². The first-order valence-electron chi connectivity index (χ1n) is 16.2. The Bertz CT molecular complexity index is 1370. The smallest absolute Gasteiger partial charge is 0.303 e. The van der Waals surface area contributed by atoms with E-state index in [0.717, 1.165) is 29.3 Å². The van der Waals surface area contributed by atoms with Crippen LogP contribution in [0, 0.1) is 5.92 Å². The molecule has 5 atom stereocenters. The Morgan fingerprint density at radius 1 is 0.978 bits per heavy atom. The first-order chi connectivity index (χ1) is 21.6. The summed E-state index contributed by atoms with van der Waals surface area (Å²) >= 11 is 0. The molecule has 12 heteroatoms. The Balaban J connectivity index is 1.65. The second-order valence-electron chi connectivity index (χ2n) is 12.3. The minimum absolute atomic E-state index is 0.0834. The van der Waals surface area contributed by atoms with Crippen molar-refractivity contribution in [2.75, 3.05) is 13.7 Å². The van der Waals surface area contributed by atoms with Crippen LogP contribution < -0.4 is 20.8 Å². The molecule has 0 saturated carbocycles. The molecular weight excluding hydrogens is 578 g/mol. The van der Waals surface area contributed by atoms with Gasteiger partial charge in [-0.05, 0) is 49.7 Å². The maximum absolute atomic E-state index is 14.0. The van der Waals surface area contributed by atoms with Crippen LogP contribution in [-0.2, 0) is 30.4 Å². The molecule has 0 aliphatic carbocycles. The molecule has 4 rings (SSSR count). The third-order valence-corrected chi connectivity index (χ3v) is 9.15. The van der Waals surface area contributed by atoms with Gasteiger partial charge >= 0.3 is 5.97 Å². The highest BCUT2D eigenvalue weighted by molar-refractivity contribution is 5.98. The lowest BCUT2D eigenvalue weighted by atomic mass is 9.93. The number of fused-ring (bicyclic) bond motifs is 2. The Labute approximate surface area is 264 Å². The number of unbranched alkanes of at least 4 members (excludes halogenated alkanes) is 3. The standard InChI is InChI=1S/C33H47N5O7/c1-4-21(2)29-33(44)37-18-12-11-16-27(37)32(43)34-24(14-7-5-6-8-17-28(39)40)30(41)35-25(31(42)36-29)19-22-20-38(45-3)26-15-10-9-13-23(22)26/h9-10,13,15,20-21,24-25,27,29H,4-8,11-12,14,16-19H2,1-3H3,(H,34,43)(H,35,41)(H,36,42)(H,39,40)/t21-,24-,25-,27+,29-/m0/s1. The molecule has 1 aromatic heterocycles. The number of hydrogen-bond acceptors (Lipinski definition) is 6. The van der Waals surface area contributed by atoms with Crippen molar-refractivity contribution in [2.24, 2.45) is 5.92 Å². The molecule has 0 radical (unpaired) electrons. The van der Waals surface area contributed by atoms with Crippen LogP contribution in [0.4, 0.5) is 0 Å². The molecule has 1 aromatic carbocycles. The summed E-state index contributed by atoms with van der Waals surface area (Å²) in [5.74, 6) is -2.64. The highest BCUT2D eigenvalue weighted by Crippen LogP contribution is 2.24. The second kappa shape index (κ2) is 15.8. The van der Waals surface area contributed by atoms with E-state index in [4.69, 9.17) is 9.94 Å². The zero-order valence-corrected chi connectivity index (χ0v) is 26.5. The van der Waals surface area contributed by atoms with Gasteiger partial charge in [0.2, 0.25) is 23.6 Å². The van der Waals surface area contributed by atoms with Crippen molar-refractivity contribution in [3.8, 4) is 0 Å². The number of aromatic nitrogens is 1. The molecular formula is C33H47N5O7. The molecule has 2 aliphatic rings. The Hall–Kier alpha value is -4.09. The number of nitrogens with one attached hydrogen (secondary N) is 3. The van der Waals surface area contributed by atoms with Crippen LogP contribution in [0.2, 0.25) is 0 Å². The summed E-state index contributed by atoms with van der Waals surface area (Å²) in [6.45, 7) is 4.26. The summed E-state index contributed by atoms with van der Waals surface area (Å²) in [6, 6.07) is 4.07. The van der Waals surface area contributed by atoms with E-state index >= 15 is 0 Å². The van der Waals surface area contributed by atoms with Crippen molar-refractivity contribution in [1.82, 2.24) is 25.6 Å². The van der Waals surface area contributed by atoms with Crippen LogP contribution in [0.15, 0.2) is 30.5 Å². The fourth-order valence-electron chi connectivity index (χ4n) is 6.33. The molecule has 2 saturated heterocycles.